The average molecular weight is 294 g/mol. The lowest BCUT2D eigenvalue weighted by Gasteiger charge is -2.35. The Bertz CT molecular complexity index is 396. The van der Waals surface area contributed by atoms with Crippen LogP contribution in [0.2, 0.25) is 0 Å². The standard InChI is InChI=1S/C17H30N2O2/c1-16(2,21-3)12-19-14(13-8-4-5-9-13)18-17(15(19)20)10-6-7-11-17/h13-14,18H,4-12H2,1-3H3. The van der Waals surface area contributed by atoms with Crippen LogP contribution in [0.15, 0.2) is 0 Å². The van der Waals surface area contributed by atoms with Crippen LogP contribution >= 0.6 is 0 Å². The second-order valence-electron chi connectivity index (χ2n) is 7.82. The van der Waals surface area contributed by atoms with Gasteiger partial charge in [-0.3, -0.25) is 10.1 Å². The molecular weight excluding hydrogens is 264 g/mol. The molecule has 0 aromatic carbocycles. The first-order valence-corrected chi connectivity index (χ1v) is 8.61. The van der Waals surface area contributed by atoms with Crippen LogP contribution in [-0.2, 0) is 9.53 Å². The van der Waals surface area contributed by atoms with Gasteiger partial charge in [0.25, 0.3) is 0 Å². The van der Waals surface area contributed by atoms with E-state index in [4.69, 9.17) is 4.74 Å². The van der Waals surface area contributed by atoms with E-state index >= 15 is 0 Å². The van der Waals surface area contributed by atoms with Crippen molar-refractivity contribution < 1.29 is 9.53 Å². The summed E-state index contributed by atoms with van der Waals surface area (Å²) in [6.07, 6.45) is 9.74. The molecule has 1 saturated heterocycles. The number of hydrogen-bond donors (Lipinski definition) is 1. The first-order chi connectivity index (χ1) is 9.97. The molecule has 0 aromatic rings. The van der Waals surface area contributed by atoms with E-state index in [0.717, 1.165) is 12.8 Å². The number of carbonyl (C=O) groups excluding carboxylic acids is 1. The fourth-order valence-corrected chi connectivity index (χ4v) is 4.45. The molecule has 4 nitrogen and oxygen atoms in total. The highest BCUT2D eigenvalue weighted by molar-refractivity contribution is 5.89. The van der Waals surface area contributed by atoms with Crippen LogP contribution < -0.4 is 5.32 Å². The van der Waals surface area contributed by atoms with Crippen molar-refractivity contribution in [1.29, 1.82) is 0 Å². The van der Waals surface area contributed by atoms with Gasteiger partial charge in [0.15, 0.2) is 0 Å². The van der Waals surface area contributed by atoms with E-state index in [1.165, 1.54) is 38.5 Å². The van der Waals surface area contributed by atoms with Crippen LogP contribution in [0.25, 0.3) is 0 Å². The highest BCUT2D eigenvalue weighted by Gasteiger charge is 2.54. The first kappa shape index (κ1) is 15.3. The predicted molar refractivity (Wildman–Crippen MR) is 82.9 cm³/mol. The van der Waals surface area contributed by atoms with Crippen LogP contribution in [0.3, 0.4) is 0 Å². The third-order valence-corrected chi connectivity index (χ3v) is 5.84. The number of hydrogen-bond acceptors (Lipinski definition) is 3. The highest BCUT2D eigenvalue weighted by atomic mass is 16.5. The maximum atomic E-state index is 13.1. The van der Waals surface area contributed by atoms with Crippen molar-refractivity contribution in [1.82, 2.24) is 10.2 Å². The quantitative estimate of drug-likeness (QED) is 0.867. The maximum Gasteiger partial charge on any atom is 0.244 e. The predicted octanol–water partition coefficient (Wildman–Crippen LogP) is 2.67. The van der Waals surface area contributed by atoms with E-state index in [1.54, 1.807) is 7.11 Å². The lowest BCUT2D eigenvalue weighted by molar-refractivity contribution is -0.137. The number of rotatable bonds is 4. The summed E-state index contributed by atoms with van der Waals surface area (Å²) < 4.78 is 5.59. The molecule has 0 aromatic heterocycles. The maximum absolute atomic E-state index is 13.1. The fraction of sp³-hybridized carbons (Fsp3) is 0.941. The zero-order chi connectivity index (χ0) is 15.1. The molecule has 3 rings (SSSR count). The summed E-state index contributed by atoms with van der Waals surface area (Å²) in [5.74, 6) is 0.962. The van der Waals surface area contributed by atoms with Gasteiger partial charge in [0.1, 0.15) is 0 Å². The SMILES string of the molecule is COC(C)(C)CN1C(=O)C2(CCCC2)NC1C1CCCC1. The van der Waals surface area contributed by atoms with Gasteiger partial charge in [0.2, 0.25) is 5.91 Å². The second kappa shape index (κ2) is 5.54. The lowest BCUT2D eigenvalue weighted by Crippen LogP contribution is -2.49. The molecule has 0 radical (unpaired) electrons. The Morgan fingerprint density at radius 3 is 2.43 bits per heavy atom. The van der Waals surface area contributed by atoms with Gasteiger partial charge in [-0.05, 0) is 45.4 Å². The van der Waals surface area contributed by atoms with Crippen molar-refractivity contribution in [2.45, 2.75) is 82.5 Å². The number of carbonyl (C=O) groups is 1. The lowest BCUT2D eigenvalue weighted by atomic mass is 9.97. The van der Waals surface area contributed by atoms with E-state index in [0.29, 0.717) is 18.4 Å². The molecule has 1 atom stereocenters. The van der Waals surface area contributed by atoms with Crippen LogP contribution in [-0.4, -0.2) is 41.8 Å². The first-order valence-electron chi connectivity index (χ1n) is 8.61. The zero-order valence-electron chi connectivity index (χ0n) is 13.8. The third-order valence-electron chi connectivity index (χ3n) is 5.84. The minimum Gasteiger partial charge on any atom is -0.377 e. The van der Waals surface area contributed by atoms with Crippen molar-refractivity contribution in [3.05, 3.63) is 0 Å². The largest absolute Gasteiger partial charge is 0.377 e. The number of amides is 1. The van der Waals surface area contributed by atoms with E-state index < -0.39 is 0 Å². The Morgan fingerprint density at radius 1 is 1.24 bits per heavy atom. The van der Waals surface area contributed by atoms with Gasteiger partial charge in [-0.15, -0.1) is 0 Å². The minimum atomic E-state index is -0.279. The van der Waals surface area contributed by atoms with Gasteiger partial charge in [-0.1, -0.05) is 25.7 Å². The summed E-state index contributed by atoms with van der Waals surface area (Å²) in [6, 6.07) is 0. The highest BCUT2D eigenvalue weighted by Crippen LogP contribution is 2.41. The molecule has 3 aliphatic rings. The molecular formula is C17H30N2O2. The van der Waals surface area contributed by atoms with Crippen molar-refractivity contribution in [3.8, 4) is 0 Å². The van der Waals surface area contributed by atoms with Crippen LogP contribution in [0, 0.1) is 5.92 Å². The van der Waals surface area contributed by atoms with E-state index in [9.17, 15) is 4.79 Å². The van der Waals surface area contributed by atoms with Crippen molar-refractivity contribution in [2.24, 2.45) is 5.92 Å². The van der Waals surface area contributed by atoms with Gasteiger partial charge in [0.05, 0.1) is 23.9 Å². The Labute approximate surface area is 128 Å². The van der Waals surface area contributed by atoms with Crippen molar-refractivity contribution in [2.75, 3.05) is 13.7 Å². The molecule has 21 heavy (non-hydrogen) atoms. The van der Waals surface area contributed by atoms with Gasteiger partial charge in [-0.2, -0.15) is 0 Å². The molecule has 120 valence electrons. The van der Waals surface area contributed by atoms with Crippen molar-refractivity contribution >= 4 is 5.91 Å². The molecule has 1 N–H and O–H groups in total. The summed E-state index contributed by atoms with van der Waals surface area (Å²) in [7, 11) is 1.74. The smallest absolute Gasteiger partial charge is 0.244 e. The summed E-state index contributed by atoms with van der Waals surface area (Å²) in [5.41, 5.74) is -0.532. The zero-order valence-corrected chi connectivity index (χ0v) is 13.8. The van der Waals surface area contributed by atoms with Gasteiger partial charge >= 0.3 is 0 Å². The molecule has 1 aliphatic heterocycles. The monoisotopic (exact) mass is 294 g/mol. The normalized spacial score (nSPS) is 30.0. The molecule has 4 heteroatoms. The van der Waals surface area contributed by atoms with Gasteiger partial charge in [0, 0.05) is 7.11 Å². The van der Waals surface area contributed by atoms with Crippen LogP contribution in [0.5, 0.6) is 0 Å². The van der Waals surface area contributed by atoms with Crippen LogP contribution in [0.4, 0.5) is 0 Å². The average Bonchev–Trinajstić information content (AvgIpc) is 3.17. The Balaban J connectivity index is 1.83. The molecule has 1 unspecified atom stereocenters. The molecule has 1 spiro atoms. The molecule has 2 aliphatic carbocycles. The number of methoxy groups -OCH3 is 1. The Morgan fingerprint density at radius 2 is 1.86 bits per heavy atom. The van der Waals surface area contributed by atoms with E-state index in [2.05, 4.69) is 24.1 Å². The molecule has 2 saturated carbocycles. The number of nitrogens with one attached hydrogen (secondary N) is 1. The van der Waals surface area contributed by atoms with E-state index in [-0.39, 0.29) is 17.3 Å². The molecule has 1 amide bonds. The Hall–Kier alpha value is -0.610. The summed E-state index contributed by atoms with van der Waals surface area (Å²) in [6.45, 7) is 4.84. The van der Waals surface area contributed by atoms with Gasteiger partial charge < -0.3 is 9.64 Å². The van der Waals surface area contributed by atoms with E-state index in [1.807, 2.05) is 0 Å². The second-order valence-corrected chi connectivity index (χ2v) is 7.82. The fourth-order valence-electron chi connectivity index (χ4n) is 4.45. The third kappa shape index (κ3) is 2.72. The van der Waals surface area contributed by atoms with Crippen LogP contribution in [0.1, 0.15) is 65.2 Å². The summed E-state index contributed by atoms with van der Waals surface area (Å²) in [5, 5.41) is 3.78. The molecule has 0 bridgehead atoms. The summed E-state index contributed by atoms with van der Waals surface area (Å²) in [4.78, 5) is 15.2. The van der Waals surface area contributed by atoms with Crippen molar-refractivity contribution in [3.63, 3.8) is 0 Å². The topological polar surface area (TPSA) is 41.6 Å². The molecule has 3 fully saturated rings. The minimum absolute atomic E-state index is 0.229. The van der Waals surface area contributed by atoms with Gasteiger partial charge in [-0.25, -0.2) is 0 Å². The summed E-state index contributed by atoms with van der Waals surface area (Å²) >= 11 is 0. The number of nitrogens with zero attached hydrogens (tertiary/aromatic N) is 1. The Kier molecular flexibility index (Phi) is 4.04. The number of ether oxygens (including phenoxy) is 1. The molecule has 1 heterocycles.